The van der Waals surface area contributed by atoms with Gasteiger partial charge in [-0.3, -0.25) is 0 Å². The first-order valence-electron chi connectivity index (χ1n) is 2.94. The van der Waals surface area contributed by atoms with Crippen molar-refractivity contribution < 1.29 is 4.39 Å². The van der Waals surface area contributed by atoms with Crippen molar-refractivity contribution in [2.45, 2.75) is 18.9 Å². The molecule has 0 heterocycles. The van der Waals surface area contributed by atoms with E-state index in [0.717, 1.165) is 5.57 Å². The number of nitrogens with zero attached hydrogens (tertiary/aromatic N) is 1. The highest BCUT2D eigenvalue weighted by molar-refractivity contribution is 5.12. The van der Waals surface area contributed by atoms with Crippen molar-refractivity contribution in [1.82, 2.24) is 0 Å². The number of nitrogens with two attached hydrogens (primary N) is 1. The van der Waals surface area contributed by atoms with Crippen molar-refractivity contribution >= 4 is 0 Å². The summed E-state index contributed by atoms with van der Waals surface area (Å²) in [5.74, 6) is 0. The summed E-state index contributed by atoms with van der Waals surface area (Å²) in [7, 11) is 0. The van der Waals surface area contributed by atoms with Crippen molar-refractivity contribution in [3.63, 3.8) is 0 Å². The zero-order valence-corrected chi connectivity index (χ0v) is 6.02. The molecule has 0 aromatic carbocycles. The maximum Gasteiger partial charge on any atom is 0.136 e. The van der Waals surface area contributed by atoms with Crippen molar-refractivity contribution in [3.05, 3.63) is 12.2 Å². The van der Waals surface area contributed by atoms with Gasteiger partial charge in [-0.15, -0.1) is 6.58 Å². The van der Waals surface area contributed by atoms with E-state index in [-0.39, 0.29) is 6.42 Å². The first-order chi connectivity index (χ1) is 4.54. The van der Waals surface area contributed by atoms with Crippen LogP contribution in [0.15, 0.2) is 12.2 Å². The van der Waals surface area contributed by atoms with Crippen LogP contribution >= 0.6 is 0 Å². The van der Waals surface area contributed by atoms with Crippen molar-refractivity contribution in [2.24, 2.45) is 5.73 Å². The number of hydrogen-bond donors (Lipinski definition) is 1. The molecule has 3 heteroatoms. The van der Waals surface area contributed by atoms with Crippen LogP contribution in [-0.4, -0.2) is 12.2 Å². The lowest BCUT2D eigenvalue weighted by molar-refractivity contribution is 0.366. The fourth-order valence-corrected chi connectivity index (χ4v) is 0.655. The molecular formula is C7H11FN2. The second kappa shape index (κ2) is 3.33. The normalized spacial score (nSPS) is 15.4. The predicted molar refractivity (Wildman–Crippen MR) is 37.9 cm³/mol. The summed E-state index contributed by atoms with van der Waals surface area (Å²) >= 11 is 0. The van der Waals surface area contributed by atoms with E-state index in [4.69, 9.17) is 11.0 Å². The highest BCUT2D eigenvalue weighted by Gasteiger charge is 2.23. The van der Waals surface area contributed by atoms with Crippen molar-refractivity contribution in [3.8, 4) is 6.07 Å². The molecule has 0 saturated heterocycles. The molecule has 0 aliphatic heterocycles. The Bertz CT molecular complexity index is 171. The molecule has 0 fully saturated rings. The zero-order valence-electron chi connectivity index (χ0n) is 6.02. The number of hydrogen-bond acceptors (Lipinski definition) is 2. The lowest BCUT2D eigenvalue weighted by Crippen LogP contribution is -2.40. The van der Waals surface area contributed by atoms with Crippen LogP contribution in [0.3, 0.4) is 0 Å². The summed E-state index contributed by atoms with van der Waals surface area (Å²) in [6, 6.07) is 1.70. The average molecular weight is 142 g/mol. The lowest BCUT2D eigenvalue weighted by atomic mass is 9.96. The van der Waals surface area contributed by atoms with E-state index in [9.17, 15) is 4.39 Å². The largest absolute Gasteiger partial charge is 0.311 e. The van der Waals surface area contributed by atoms with E-state index in [1.165, 1.54) is 0 Å². The summed E-state index contributed by atoms with van der Waals surface area (Å²) in [4.78, 5) is 0. The third kappa shape index (κ3) is 2.60. The zero-order chi connectivity index (χ0) is 8.20. The topological polar surface area (TPSA) is 49.8 Å². The summed E-state index contributed by atoms with van der Waals surface area (Å²) in [6.07, 6.45) is 0.222. The van der Waals surface area contributed by atoms with Gasteiger partial charge in [0.25, 0.3) is 0 Å². The molecule has 0 saturated carbocycles. The molecule has 2 nitrogen and oxygen atoms in total. The minimum absolute atomic E-state index is 0.222. The Kier molecular flexibility index (Phi) is 3.04. The van der Waals surface area contributed by atoms with Gasteiger partial charge < -0.3 is 5.73 Å². The molecular weight excluding hydrogens is 131 g/mol. The Hall–Kier alpha value is -0.880. The molecule has 2 N–H and O–H groups in total. The van der Waals surface area contributed by atoms with Gasteiger partial charge in [0.1, 0.15) is 12.2 Å². The monoisotopic (exact) mass is 142 g/mol. The Morgan fingerprint density at radius 3 is 2.50 bits per heavy atom. The minimum Gasteiger partial charge on any atom is -0.311 e. The molecule has 0 bridgehead atoms. The Balaban J connectivity index is 4.10. The molecule has 1 atom stereocenters. The van der Waals surface area contributed by atoms with E-state index in [1.54, 1.807) is 13.0 Å². The van der Waals surface area contributed by atoms with E-state index in [0.29, 0.717) is 0 Å². The molecule has 0 rings (SSSR count). The van der Waals surface area contributed by atoms with Crippen molar-refractivity contribution in [2.75, 3.05) is 6.67 Å². The van der Waals surface area contributed by atoms with Gasteiger partial charge >= 0.3 is 0 Å². The summed E-state index contributed by atoms with van der Waals surface area (Å²) in [6.45, 7) is 4.43. The fraction of sp³-hybridized carbons (Fsp3) is 0.571. The number of nitriles is 1. The van der Waals surface area contributed by atoms with Crippen LogP contribution in [0.25, 0.3) is 0 Å². The van der Waals surface area contributed by atoms with Gasteiger partial charge in [0.15, 0.2) is 0 Å². The SMILES string of the molecule is C=C(C)CC(N)(C#N)CF. The molecule has 0 aromatic rings. The number of alkyl halides is 1. The van der Waals surface area contributed by atoms with Gasteiger partial charge in [-0.25, -0.2) is 4.39 Å². The molecule has 10 heavy (non-hydrogen) atoms. The summed E-state index contributed by atoms with van der Waals surface area (Å²) < 4.78 is 12.0. The maximum absolute atomic E-state index is 12.0. The third-order valence-corrected chi connectivity index (χ3v) is 1.08. The van der Waals surface area contributed by atoms with Crippen molar-refractivity contribution in [1.29, 1.82) is 5.26 Å². The molecule has 0 spiro atoms. The van der Waals surface area contributed by atoms with Crippen LogP contribution < -0.4 is 5.73 Å². The van der Waals surface area contributed by atoms with Gasteiger partial charge in [0.2, 0.25) is 0 Å². The quantitative estimate of drug-likeness (QED) is 0.601. The second-order valence-corrected chi connectivity index (χ2v) is 2.54. The van der Waals surface area contributed by atoms with E-state index in [1.807, 2.05) is 0 Å². The van der Waals surface area contributed by atoms with Gasteiger partial charge in [-0.05, 0) is 6.92 Å². The molecule has 0 aromatic heterocycles. The van der Waals surface area contributed by atoms with Crippen LogP contribution in [-0.2, 0) is 0 Å². The predicted octanol–water partition coefficient (Wildman–Crippen LogP) is 1.14. The highest BCUT2D eigenvalue weighted by Crippen LogP contribution is 2.11. The van der Waals surface area contributed by atoms with Gasteiger partial charge in [-0.2, -0.15) is 5.26 Å². The summed E-state index contributed by atoms with van der Waals surface area (Å²) in [5.41, 5.74) is 4.67. The molecule has 0 aliphatic rings. The Morgan fingerprint density at radius 2 is 2.40 bits per heavy atom. The van der Waals surface area contributed by atoms with Gasteiger partial charge in [-0.1, -0.05) is 5.57 Å². The molecule has 1 unspecified atom stereocenters. The van der Waals surface area contributed by atoms with Gasteiger partial charge in [0, 0.05) is 6.42 Å². The van der Waals surface area contributed by atoms with Crippen LogP contribution in [0.2, 0.25) is 0 Å². The minimum atomic E-state index is -1.36. The van der Waals surface area contributed by atoms with E-state index >= 15 is 0 Å². The van der Waals surface area contributed by atoms with Gasteiger partial charge in [0.05, 0.1) is 6.07 Å². The molecule has 0 radical (unpaired) electrons. The third-order valence-electron chi connectivity index (χ3n) is 1.08. The van der Waals surface area contributed by atoms with E-state index < -0.39 is 12.2 Å². The Labute approximate surface area is 60.1 Å². The van der Waals surface area contributed by atoms with Crippen LogP contribution in [0, 0.1) is 11.3 Å². The van der Waals surface area contributed by atoms with Crippen LogP contribution in [0.1, 0.15) is 13.3 Å². The molecule has 56 valence electrons. The first-order valence-corrected chi connectivity index (χ1v) is 2.94. The lowest BCUT2D eigenvalue weighted by Gasteiger charge is -2.16. The van der Waals surface area contributed by atoms with Crippen LogP contribution in [0.5, 0.6) is 0 Å². The molecule has 0 amide bonds. The number of rotatable bonds is 3. The molecule has 0 aliphatic carbocycles. The van der Waals surface area contributed by atoms with E-state index in [2.05, 4.69) is 6.58 Å². The Morgan fingerprint density at radius 1 is 1.90 bits per heavy atom. The van der Waals surface area contributed by atoms with Crippen LogP contribution in [0.4, 0.5) is 4.39 Å². The maximum atomic E-state index is 12.0. The first kappa shape index (κ1) is 9.12. The second-order valence-electron chi connectivity index (χ2n) is 2.54. The summed E-state index contributed by atoms with van der Waals surface area (Å²) in [5, 5.41) is 8.38. The number of halogens is 1. The smallest absolute Gasteiger partial charge is 0.136 e. The standard InChI is InChI=1S/C7H11FN2/c1-6(2)3-7(10,4-8)5-9/h1,3-4,10H2,2H3. The highest BCUT2D eigenvalue weighted by atomic mass is 19.1. The fourth-order valence-electron chi connectivity index (χ4n) is 0.655. The average Bonchev–Trinajstić information content (AvgIpc) is 1.87.